The third kappa shape index (κ3) is 4.28. The number of hydrogen-bond donors (Lipinski definition) is 0. The Kier molecular flexibility index (Phi) is 4.91. The van der Waals surface area contributed by atoms with Crippen molar-refractivity contribution >= 4 is 5.97 Å². The standard InChI is InChI=1S/C12H7F6NO3/c1-2-21-10(20)7-3-6(5-19)4-8(11(13,14)15)9(7)22-12(16,17)18/h3-4H,2H2,1H3. The van der Waals surface area contributed by atoms with Crippen LogP contribution in [0.2, 0.25) is 0 Å². The van der Waals surface area contributed by atoms with E-state index < -0.39 is 40.9 Å². The van der Waals surface area contributed by atoms with Crippen molar-refractivity contribution in [2.45, 2.75) is 19.5 Å². The van der Waals surface area contributed by atoms with Crippen molar-refractivity contribution in [1.82, 2.24) is 0 Å². The van der Waals surface area contributed by atoms with Gasteiger partial charge in [0.2, 0.25) is 0 Å². The summed E-state index contributed by atoms with van der Waals surface area (Å²) in [6, 6.07) is 2.01. The zero-order valence-corrected chi connectivity index (χ0v) is 10.8. The number of nitrogens with zero attached hydrogens (tertiary/aromatic N) is 1. The Morgan fingerprint density at radius 1 is 1.23 bits per heavy atom. The Labute approximate surface area is 119 Å². The van der Waals surface area contributed by atoms with Crippen LogP contribution in [0.25, 0.3) is 0 Å². The maximum absolute atomic E-state index is 12.9. The smallest absolute Gasteiger partial charge is 0.462 e. The first kappa shape index (κ1) is 17.6. The SMILES string of the molecule is CCOC(=O)c1cc(C#N)cc(C(F)(F)F)c1OC(F)(F)F. The second-order valence-electron chi connectivity index (χ2n) is 3.78. The van der Waals surface area contributed by atoms with Crippen LogP contribution in [-0.4, -0.2) is 18.9 Å². The zero-order chi connectivity index (χ0) is 17.1. The summed E-state index contributed by atoms with van der Waals surface area (Å²) >= 11 is 0. The fourth-order valence-corrected chi connectivity index (χ4v) is 1.49. The number of halogens is 6. The number of esters is 1. The fraction of sp³-hybridized carbons (Fsp3) is 0.333. The van der Waals surface area contributed by atoms with Crippen molar-refractivity contribution in [3.8, 4) is 11.8 Å². The summed E-state index contributed by atoms with van der Waals surface area (Å²) in [7, 11) is 0. The van der Waals surface area contributed by atoms with Gasteiger partial charge in [0.25, 0.3) is 0 Å². The summed E-state index contributed by atoms with van der Waals surface area (Å²) in [5.74, 6) is -3.22. The van der Waals surface area contributed by atoms with Crippen LogP contribution in [0.15, 0.2) is 12.1 Å². The lowest BCUT2D eigenvalue weighted by Gasteiger charge is -2.18. The molecule has 0 radical (unpaired) electrons. The second kappa shape index (κ2) is 6.13. The first-order valence-electron chi connectivity index (χ1n) is 5.57. The molecule has 0 saturated heterocycles. The lowest BCUT2D eigenvalue weighted by molar-refractivity contribution is -0.276. The van der Waals surface area contributed by atoms with Crippen LogP contribution >= 0.6 is 0 Å². The maximum Gasteiger partial charge on any atom is 0.573 e. The van der Waals surface area contributed by atoms with Crippen LogP contribution < -0.4 is 4.74 Å². The Balaban J connectivity index is 3.64. The van der Waals surface area contributed by atoms with Gasteiger partial charge in [0.15, 0.2) is 5.75 Å². The van der Waals surface area contributed by atoms with E-state index in [1.165, 1.54) is 13.0 Å². The van der Waals surface area contributed by atoms with Crippen molar-refractivity contribution in [3.05, 3.63) is 28.8 Å². The van der Waals surface area contributed by atoms with E-state index in [1.54, 1.807) is 0 Å². The number of alkyl halides is 6. The molecule has 22 heavy (non-hydrogen) atoms. The summed E-state index contributed by atoms with van der Waals surface area (Å²) in [5, 5.41) is 8.65. The van der Waals surface area contributed by atoms with Gasteiger partial charge in [-0.15, -0.1) is 13.2 Å². The van der Waals surface area contributed by atoms with Gasteiger partial charge < -0.3 is 9.47 Å². The Morgan fingerprint density at radius 3 is 2.23 bits per heavy atom. The van der Waals surface area contributed by atoms with Gasteiger partial charge in [-0.25, -0.2) is 4.79 Å². The molecule has 0 fully saturated rings. The lowest BCUT2D eigenvalue weighted by Crippen LogP contribution is -2.23. The molecule has 0 unspecified atom stereocenters. The molecule has 0 atom stereocenters. The Bertz CT molecular complexity index is 615. The van der Waals surface area contributed by atoms with Gasteiger partial charge in [-0.2, -0.15) is 18.4 Å². The van der Waals surface area contributed by atoms with Gasteiger partial charge in [0.05, 0.1) is 18.2 Å². The molecule has 1 aromatic rings. The van der Waals surface area contributed by atoms with E-state index in [-0.39, 0.29) is 12.7 Å². The van der Waals surface area contributed by atoms with E-state index in [1.807, 2.05) is 0 Å². The van der Waals surface area contributed by atoms with Crippen molar-refractivity contribution in [1.29, 1.82) is 5.26 Å². The number of carbonyl (C=O) groups excluding carboxylic acids is 1. The molecule has 0 aliphatic carbocycles. The summed E-state index contributed by atoms with van der Waals surface area (Å²) < 4.78 is 83.2. The normalized spacial score (nSPS) is 11.7. The Morgan fingerprint density at radius 2 is 1.82 bits per heavy atom. The average Bonchev–Trinajstić information content (AvgIpc) is 2.35. The van der Waals surface area contributed by atoms with Gasteiger partial charge >= 0.3 is 18.5 Å². The number of benzene rings is 1. The molecule has 4 nitrogen and oxygen atoms in total. The number of nitriles is 1. The monoisotopic (exact) mass is 327 g/mol. The zero-order valence-electron chi connectivity index (χ0n) is 10.8. The summed E-state index contributed by atoms with van der Waals surface area (Å²) in [6.45, 7) is 1.02. The third-order valence-electron chi connectivity index (χ3n) is 2.24. The fourth-order valence-electron chi connectivity index (χ4n) is 1.49. The highest BCUT2D eigenvalue weighted by molar-refractivity contribution is 5.93. The summed E-state index contributed by atoms with van der Waals surface area (Å²) in [5.41, 5.74) is -3.69. The molecule has 0 spiro atoms. The first-order chi connectivity index (χ1) is 9.99. The predicted molar refractivity (Wildman–Crippen MR) is 58.8 cm³/mol. The minimum atomic E-state index is -5.46. The molecule has 120 valence electrons. The molecule has 0 aromatic heterocycles. The highest BCUT2D eigenvalue weighted by Gasteiger charge is 2.42. The van der Waals surface area contributed by atoms with Crippen LogP contribution in [0.4, 0.5) is 26.3 Å². The van der Waals surface area contributed by atoms with Crippen molar-refractivity contribution in [3.63, 3.8) is 0 Å². The van der Waals surface area contributed by atoms with Gasteiger partial charge in [-0.3, -0.25) is 0 Å². The lowest BCUT2D eigenvalue weighted by atomic mass is 10.0. The van der Waals surface area contributed by atoms with E-state index in [9.17, 15) is 31.1 Å². The van der Waals surface area contributed by atoms with Crippen LogP contribution in [0, 0.1) is 11.3 Å². The number of rotatable bonds is 3. The molecule has 1 rings (SSSR count). The van der Waals surface area contributed by atoms with Gasteiger partial charge in [0.1, 0.15) is 11.1 Å². The van der Waals surface area contributed by atoms with E-state index in [2.05, 4.69) is 9.47 Å². The van der Waals surface area contributed by atoms with Crippen LogP contribution in [0.5, 0.6) is 5.75 Å². The minimum Gasteiger partial charge on any atom is -0.462 e. The van der Waals surface area contributed by atoms with Crippen LogP contribution in [0.3, 0.4) is 0 Å². The molecule has 0 heterocycles. The number of ether oxygens (including phenoxy) is 2. The second-order valence-corrected chi connectivity index (χ2v) is 3.78. The molecular formula is C12H7F6NO3. The Hall–Kier alpha value is -2.44. The van der Waals surface area contributed by atoms with Gasteiger partial charge in [-0.1, -0.05) is 0 Å². The van der Waals surface area contributed by atoms with Crippen molar-refractivity contribution in [2.24, 2.45) is 0 Å². The van der Waals surface area contributed by atoms with E-state index in [0.29, 0.717) is 6.07 Å². The molecule has 1 aromatic carbocycles. The molecule has 0 saturated carbocycles. The first-order valence-corrected chi connectivity index (χ1v) is 5.57. The molecule has 0 aliphatic heterocycles. The predicted octanol–water partition coefficient (Wildman–Crippen LogP) is 3.65. The molecule has 0 amide bonds. The number of carbonyl (C=O) groups is 1. The molecule has 0 bridgehead atoms. The quantitative estimate of drug-likeness (QED) is 0.628. The van der Waals surface area contributed by atoms with Crippen molar-refractivity contribution in [2.75, 3.05) is 6.61 Å². The highest BCUT2D eigenvalue weighted by Crippen LogP contribution is 2.41. The van der Waals surface area contributed by atoms with Crippen LogP contribution in [0.1, 0.15) is 28.4 Å². The highest BCUT2D eigenvalue weighted by atomic mass is 19.4. The number of hydrogen-bond acceptors (Lipinski definition) is 4. The third-order valence-corrected chi connectivity index (χ3v) is 2.24. The van der Waals surface area contributed by atoms with E-state index in [4.69, 9.17) is 5.26 Å². The molecule has 10 heteroatoms. The van der Waals surface area contributed by atoms with Crippen molar-refractivity contribution < 1.29 is 40.6 Å². The van der Waals surface area contributed by atoms with E-state index in [0.717, 1.165) is 0 Å². The molecule has 0 aliphatic rings. The van der Waals surface area contributed by atoms with Crippen LogP contribution in [-0.2, 0) is 10.9 Å². The molecule has 0 N–H and O–H groups in total. The summed E-state index contributed by atoms with van der Waals surface area (Å²) in [4.78, 5) is 11.6. The maximum atomic E-state index is 12.9. The van der Waals surface area contributed by atoms with E-state index >= 15 is 0 Å². The minimum absolute atomic E-state index is 0.157. The topological polar surface area (TPSA) is 59.3 Å². The largest absolute Gasteiger partial charge is 0.573 e. The van der Waals surface area contributed by atoms with Gasteiger partial charge in [-0.05, 0) is 19.1 Å². The summed E-state index contributed by atoms with van der Waals surface area (Å²) in [6.07, 6.45) is -10.7. The molecular weight excluding hydrogens is 320 g/mol. The average molecular weight is 327 g/mol. The van der Waals surface area contributed by atoms with Gasteiger partial charge in [0, 0.05) is 0 Å².